The summed E-state index contributed by atoms with van der Waals surface area (Å²) in [5, 5.41) is 1.11. The van der Waals surface area contributed by atoms with Crippen LogP contribution in [0.1, 0.15) is 6.92 Å². The zero-order chi connectivity index (χ0) is 7.00. The first-order valence-electron chi connectivity index (χ1n) is 1.77. The van der Waals surface area contributed by atoms with E-state index in [4.69, 9.17) is 0 Å². The molecule has 1 unspecified atom stereocenters. The summed E-state index contributed by atoms with van der Waals surface area (Å²) in [5.74, 6) is 2.60. The lowest BCUT2D eigenvalue weighted by Crippen LogP contribution is -2.31. The summed E-state index contributed by atoms with van der Waals surface area (Å²) in [6.07, 6.45) is 0. The standard InChI is InChI=1S/C3H7F2NOS/c1-3(4,5)8(2,6)7/h2H2,1H3,(H2,6,7). The van der Waals surface area contributed by atoms with E-state index in [1.54, 1.807) is 0 Å². The van der Waals surface area contributed by atoms with Gasteiger partial charge in [0.2, 0.25) is 0 Å². The Kier molecular flexibility index (Phi) is 1.63. The van der Waals surface area contributed by atoms with Crippen molar-refractivity contribution in [1.29, 1.82) is 0 Å². The van der Waals surface area contributed by atoms with Crippen molar-refractivity contribution < 1.29 is 13.0 Å². The van der Waals surface area contributed by atoms with Crippen molar-refractivity contribution in [1.82, 2.24) is 0 Å². The second kappa shape index (κ2) is 1.66. The predicted octanol–water partition coefficient (Wildman–Crippen LogP) is 0.189. The van der Waals surface area contributed by atoms with Crippen LogP contribution >= 0.6 is 0 Å². The van der Waals surface area contributed by atoms with Crippen LogP contribution in [-0.4, -0.2) is 15.3 Å². The van der Waals surface area contributed by atoms with Gasteiger partial charge in [0, 0.05) is 6.92 Å². The van der Waals surface area contributed by atoms with Crippen LogP contribution in [0, 0.1) is 0 Å². The van der Waals surface area contributed by atoms with Gasteiger partial charge in [0.15, 0.2) is 0 Å². The van der Waals surface area contributed by atoms with E-state index in [0.717, 1.165) is 0 Å². The summed E-state index contributed by atoms with van der Waals surface area (Å²) in [6.45, 7) is 0.475. The molecule has 0 spiro atoms. The largest absolute Gasteiger partial charge is 0.322 e. The van der Waals surface area contributed by atoms with E-state index in [1.807, 2.05) is 0 Å². The van der Waals surface area contributed by atoms with Gasteiger partial charge in [0.05, 0.1) is 9.71 Å². The molecule has 0 rings (SSSR count). The minimum atomic E-state index is -3.67. The van der Waals surface area contributed by atoms with Crippen molar-refractivity contribution in [3.8, 4) is 0 Å². The molecule has 0 radical (unpaired) electrons. The van der Waals surface area contributed by atoms with Crippen LogP contribution in [0.2, 0.25) is 0 Å². The lowest BCUT2D eigenvalue weighted by Gasteiger charge is -2.09. The first-order valence-corrected chi connectivity index (χ1v) is 3.56. The van der Waals surface area contributed by atoms with Crippen LogP contribution in [0.3, 0.4) is 0 Å². The van der Waals surface area contributed by atoms with Crippen LogP contribution in [0.5, 0.6) is 0 Å². The lowest BCUT2D eigenvalue weighted by atomic mass is 10.9. The van der Waals surface area contributed by atoms with Gasteiger partial charge in [-0.3, -0.25) is 5.14 Å². The number of rotatable bonds is 1. The fraction of sp³-hybridized carbons (Fsp3) is 0.667. The van der Waals surface area contributed by atoms with Gasteiger partial charge in [-0.2, -0.15) is 8.78 Å². The van der Waals surface area contributed by atoms with Gasteiger partial charge in [-0.05, 0) is 5.87 Å². The first-order chi connectivity index (χ1) is 3.25. The Morgan fingerprint density at radius 3 is 1.88 bits per heavy atom. The van der Waals surface area contributed by atoms with E-state index in [1.165, 1.54) is 0 Å². The second-order valence-corrected chi connectivity index (χ2v) is 3.70. The van der Waals surface area contributed by atoms with E-state index in [-0.39, 0.29) is 0 Å². The van der Waals surface area contributed by atoms with Gasteiger partial charge >= 0.3 is 5.25 Å². The smallest absolute Gasteiger partial charge is 0.255 e. The molecule has 50 valence electrons. The van der Waals surface area contributed by atoms with Gasteiger partial charge in [0.25, 0.3) is 0 Å². The van der Waals surface area contributed by atoms with Crippen molar-refractivity contribution in [2.45, 2.75) is 12.2 Å². The quantitative estimate of drug-likeness (QED) is 0.523. The highest BCUT2D eigenvalue weighted by atomic mass is 32.2. The van der Waals surface area contributed by atoms with Gasteiger partial charge in [-0.1, -0.05) is 0 Å². The van der Waals surface area contributed by atoms with E-state index < -0.39 is 15.0 Å². The summed E-state index contributed by atoms with van der Waals surface area (Å²) < 4.78 is 33.7. The number of hydrogen-bond acceptors (Lipinski definition) is 1. The van der Waals surface area contributed by atoms with Crippen molar-refractivity contribution in [3.05, 3.63) is 0 Å². The Balaban J connectivity index is 4.53. The molecule has 0 saturated carbocycles. The number of hydrogen-bond donors (Lipinski definition) is 1. The molecule has 0 aliphatic rings. The van der Waals surface area contributed by atoms with Crippen molar-refractivity contribution in [3.63, 3.8) is 0 Å². The van der Waals surface area contributed by atoms with Crippen LogP contribution in [0.25, 0.3) is 0 Å². The molecular weight excluding hydrogens is 136 g/mol. The molecule has 0 aromatic heterocycles. The van der Waals surface area contributed by atoms with E-state index >= 15 is 0 Å². The summed E-state index contributed by atoms with van der Waals surface area (Å²) in [6, 6.07) is 0. The summed E-state index contributed by atoms with van der Waals surface area (Å²) >= 11 is 0. The lowest BCUT2D eigenvalue weighted by molar-refractivity contribution is 0.121. The molecule has 0 aromatic rings. The molecule has 0 aliphatic heterocycles. The third kappa shape index (κ3) is 1.75. The number of alkyl halides is 2. The van der Waals surface area contributed by atoms with Crippen molar-refractivity contribution in [2.24, 2.45) is 5.14 Å². The van der Waals surface area contributed by atoms with Crippen LogP contribution in [0.4, 0.5) is 8.78 Å². The molecule has 0 fully saturated rings. The highest BCUT2D eigenvalue weighted by Crippen LogP contribution is 2.15. The summed E-state index contributed by atoms with van der Waals surface area (Å²) in [4.78, 5) is 0. The van der Waals surface area contributed by atoms with Crippen molar-refractivity contribution in [2.75, 3.05) is 0 Å². The summed E-state index contributed by atoms with van der Waals surface area (Å²) in [5.41, 5.74) is 0. The molecule has 2 nitrogen and oxygen atoms in total. The fourth-order valence-corrected chi connectivity index (χ4v) is 0. The maximum absolute atomic E-state index is 11.8. The minimum absolute atomic E-state index is 0.475. The van der Waals surface area contributed by atoms with Gasteiger partial charge in [-0.15, -0.1) is 0 Å². The fourth-order valence-electron chi connectivity index (χ4n) is 0. The molecule has 0 aromatic carbocycles. The van der Waals surface area contributed by atoms with Crippen molar-refractivity contribution >= 4 is 15.6 Å². The Hall–Kier alpha value is -0.160. The molecule has 5 heteroatoms. The topological polar surface area (TPSA) is 43.1 Å². The van der Waals surface area contributed by atoms with Gasteiger partial charge < -0.3 is 0 Å². The SMILES string of the molecule is C=S(N)(=O)C(C)(F)F. The third-order valence-corrected chi connectivity index (χ3v) is 1.82. The number of nitrogens with two attached hydrogens (primary N) is 1. The second-order valence-electron chi connectivity index (χ2n) is 1.53. The maximum atomic E-state index is 11.8. The summed E-state index contributed by atoms with van der Waals surface area (Å²) in [7, 11) is -3.67. The van der Waals surface area contributed by atoms with Gasteiger partial charge in [0.1, 0.15) is 0 Å². The normalized spacial score (nSPS) is 20.0. The third-order valence-electron chi connectivity index (χ3n) is 0.607. The Bertz CT molecular complexity index is 166. The highest BCUT2D eigenvalue weighted by Gasteiger charge is 2.29. The molecule has 1 atom stereocenters. The molecule has 0 amide bonds. The average molecular weight is 143 g/mol. The average Bonchev–Trinajstić information content (AvgIpc) is 1.25. The predicted molar refractivity (Wildman–Crippen MR) is 30.1 cm³/mol. The van der Waals surface area contributed by atoms with E-state index in [0.29, 0.717) is 6.92 Å². The zero-order valence-electron chi connectivity index (χ0n) is 4.36. The minimum Gasteiger partial charge on any atom is -0.255 e. The van der Waals surface area contributed by atoms with Crippen LogP contribution < -0.4 is 5.14 Å². The van der Waals surface area contributed by atoms with E-state index in [2.05, 4.69) is 11.0 Å². The highest BCUT2D eigenvalue weighted by molar-refractivity contribution is 7.99. The van der Waals surface area contributed by atoms with E-state index in [9.17, 15) is 13.0 Å². The monoisotopic (exact) mass is 143 g/mol. The molecule has 0 heterocycles. The molecule has 2 N–H and O–H groups in total. The Labute approximate surface area is 46.8 Å². The Morgan fingerprint density at radius 1 is 1.75 bits per heavy atom. The molecular formula is C3H7F2NOS. The van der Waals surface area contributed by atoms with Gasteiger partial charge in [-0.25, -0.2) is 4.21 Å². The first kappa shape index (κ1) is 7.84. The Morgan fingerprint density at radius 2 is 1.88 bits per heavy atom. The molecule has 0 saturated heterocycles. The molecule has 0 bridgehead atoms. The zero-order valence-corrected chi connectivity index (χ0v) is 5.17. The molecule has 0 aliphatic carbocycles. The number of halogens is 2. The van der Waals surface area contributed by atoms with Crippen LogP contribution in [0.15, 0.2) is 0 Å². The maximum Gasteiger partial charge on any atom is 0.322 e. The molecule has 8 heavy (non-hydrogen) atoms. The van der Waals surface area contributed by atoms with Crippen LogP contribution in [-0.2, 0) is 9.71 Å².